The van der Waals surface area contributed by atoms with E-state index in [1.807, 2.05) is 0 Å². The van der Waals surface area contributed by atoms with Crippen LogP contribution in [-0.2, 0) is 14.6 Å². The van der Waals surface area contributed by atoms with Crippen LogP contribution in [0.5, 0.6) is 0 Å². The molecule has 106 valence electrons. The van der Waals surface area contributed by atoms with Gasteiger partial charge in [-0.05, 0) is 6.42 Å². The molecule has 0 aromatic heterocycles. The molecular weight excluding hydrogens is 263 g/mol. The Morgan fingerprint density at radius 2 is 1.28 bits per heavy atom. The van der Waals surface area contributed by atoms with E-state index in [1.54, 1.807) is 0 Å². The molecule has 0 spiro atoms. The summed E-state index contributed by atoms with van der Waals surface area (Å²) in [6.45, 7) is 2.31. The molecule has 1 N–H and O–H groups in total. The smallest absolute Gasteiger partial charge is 1.00 e. The average molecular weight is 290 g/mol. The second-order valence-corrected chi connectivity index (χ2v) is 5.52. The molecule has 0 saturated carbocycles. The van der Waals surface area contributed by atoms with Gasteiger partial charge in [0, 0.05) is 0 Å². The third kappa shape index (κ3) is 19.2. The largest absolute Gasteiger partial charge is 1.00 e. The van der Waals surface area contributed by atoms with Gasteiger partial charge >= 0.3 is 40.0 Å². The summed E-state index contributed by atoms with van der Waals surface area (Å²) >= 11 is 0. The molecule has 6 heteroatoms. The second-order valence-electron chi connectivity index (χ2n) is 4.43. The molecule has 0 radical (unpaired) electrons. The maximum atomic E-state index is 10.2. The summed E-state index contributed by atoms with van der Waals surface area (Å²) in [6.07, 6.45) is 11.9. The van der Waals surface area contributed by atoms with E-state index in [9.17, 15) is 8.42 Å². The van der Waals surface area contributed by atoms with Crippen LogP contribution in [0.2, 0.25) is 0 Å². The van der Waals surface area contributed by atoms with Crippen LogP contribution in [0.15, 0.2) is 0 Å². The molecule has 0 aromatic carbocycles. The minimum atomic E-state index is -4.23. The second kappa shape index (κ2) is 14.3. The van der Waals surface area contributed by atoms with Crippen LogP contribution in [0, 0.1) is 0 Å². The molecule has 0 aromatic rings. The zero-order valence-electron chi connectivity index (χ0n) is 12.9. The van der Waals surface area contributed by atoms with Crippen molar-refractivity contribution in [2.24, 2.45) is 0 Å². The maximum Gasteiger partial charge on any atom is 1.00 e. The van der Waals surface area contributed by atoms with Crippen molar-refractivity contribution in [2.75, 3.05) is 6.61 Å². The fourth-order valence-corrected chi connectivity index (χ4v) is 2.08. The third-order valence-corrected chi connectivity index (χ3v) is 3.19. The van der Waals surface area contributed by atoms with Crippen LogP contribution in [-0.4, -0.2) is 19.6 Å². The van der Waals surface area contributed by atoms with Gasteiger partial charge in [0.15, 0.2) is 0 Å². The summed E-state index contributed by atoms with van der Waals surface area (Å²) in [5.41, 5.74) is 0. The molecule has 0 atom stereocenters. The first kappa shape index (κ1) is 21.2. The van der Waals surface area contributed by atoms with E-state index in [4.69, 9.17) is 4.55 Å². The SMILES string of the molecule is CCCCCCCCCCCCOS(=O)(=O)O.[H-].[Na+]. The molecule has 0 aliphatic rings. The minimum absolute atomic E-state index is 0. The summed E-state index contributed by atoms with van der Waals surface area (Å²) in [5.74, 6) is 0. The van der Waals surface area contributed by atoms with Gasteiger partial charge in [-0.15, -0.1) is 0 Å². The van der Waals surface area contributed by atoms with E-state index < -0.39 is 10.4 Å². The van der Waals surface area contributed by atoms with E-state index in [1.165, 1.54) is 44.9 Å². The summed E-state index contributed by atoms with van der Waals surface area (Å²) in [5, 5.41) is 0. The summed E-state index contributed by atoms with van der Waals surface area (Å²) in [4.78, 5) is 0. The Morgan fingerprint density at radius 3 is 1.67 bits per heavy atom. The van der Waals surface area contributed by atoms with Gasteiger partial charge in [0.2, 0.25) is 0 Å². The Kier molecular flexibility index (Phi) is 16.8. The van der Waals surface area contributed by atoms with Crippen LogP contribution < -0.4 is 29.6 Å². The zero-order valence-corrected chi connectivity index (χ0v) is 14.7. The molecule has 0 heterocycles. The summed E-state index contributed by atoms with van der Waals surface area (Å²) < 4.78 is 33.0. The van der Waals surface area contributed by atoms with Crippen LogP contribution >= 0.6 is 0 Å². The van der Waals surface area contributed by atoms with Gasteiger partial charge in [0.25, 0.3) is 0 Å². The molecule has 0 rings (SSSR count). The van der Waals surface area contributed by atoms with E-state index in [-0.39, 0.29) is 37.6 Å². The molecule has 0 amide bonds. The van der Waals surface area contributed by atoms with Gasteiger partial charge in [0.1, 0.15) is 0 Å². The monoisotopic (exact) mass is 290 g/mol. The van der Waals surface area contributed by atoms with Gasteiger partial charge in [-0.25, -0.2) is 4.18 Å². The third-order valence-electron chi connectivity index (χ3n) is 2.73. The quantitative estimate of drug-likeness (QED) is 0.329. The molecule has 0 aliphatic carbocycles. The van der Waals surface area contributed by atoms with Gasteiger partial charge in [-0.3, -0.25) is 4.55 Å². The molecule has 18 heavy (non-hydrogen) atoms. The van der Waals surface area contributed by atoms with E-state index in [0.29, 0.717) is 6.42 Å². The number of unbranched alkanes of at least 4 members (excludes halogenated alkanes) is 9. The Balaban J connectivity index is -0.00000128. The van der Waals surface area contributed by atoms with Crippen molar-refractivity contribution in [3.63, 3.8) is 0 Å². The van der Waals surface area contributed by atoms with Crippen molar-refractivity contribution >= 4 is 10.4 Å². The first-order valence-electron chi connectivity index (χ1n) is 6.68. The molecule has 0 aliphatic heterocycles. The van der Waals surface area contributed by atoms with Crippen LogP contribution in [0.4, 0.5) is 0 Å². The fourth-order valence-electron chi connectivity index (χ4n) is 1.75. The van der Waals surface area contributed by atoms with Crippen molar-refractivity contribution in [3.05, 3.63) is 0 Å². The number of hydrogen-bond donors (Lipinski definition) is 1. The maximum absolute atomic E-state index is 10.2. The first-order chi connectivity index (χ1) is 8.06. The Hall–Kier alpha value is 0.870. The van der Waals surface area contributed by atoms with Crippen molar-refractivity contribution in [1.29, 1.82) is 0 Å². The number of rotatable bonds is 12. The van der Waals surface area contributed by atoms with Gasteiger partial charge in [-0.1, -0.05) is 64.7 Å². The van der Waals surface area contributed by atoms with Crippen LogP contribution in [0.1, 0.15) is 72.6 Å². The molecule has 0 bridgehead atoms. The van der Waals surface area contributed by atoms with Crippen LogP contribution in [0.25, 0.3) is 0 Å². The van der Waals surface area contributed by atoms with Gasteiger partial charge in [-0.2, -0.15) is 8.42 Å². The molecule has 0 fully saturated rings. The van der Waals surface area contributed by atoms with Crippen LogP contribution in [0.3, 0.4) is 0 Å². The molecule has 4 nitrogen and oxygen atoms in total. The van der Waals surface area contributed by atoms with Crippen molar-refractivity contribution in [3.8, 4) is 0 Å². The van der Waals surface area contributed by atoms with Gasteiger partial charge < -0.3 is 1.43 Å². The standard InChI is InChI=1S/C12H26O4S.Na.H/c1-2-3-4-5-6-7-8-9-10-11-12-16-17(13,14)15;;/h2-12H2,1H3,(H,13,14,15);;/q;+1;-1. The van der Waals surface area contributed by atoms with E-state index >= 15 is 0 Å². The first-order valence-corrected chi connectivity index (χ1v) is 8.04. The van der Waals surface area contributed by atoms with E-state index in [0.717, 1.165) is 12.8 Å². The topological polar surface area (TPSA) is 63.6 Å². The fraction of sp³-hybridized carbons (Fsp3) is 1.00. The molecule has 0 saturated heterocycles. The Bertz CT molecular complexity index is 260. The molecule has 0 unspecified atom stereocenters. The summed E-state index contributed by atoms with van der Waals surface area (Å²) in [6, 6.07) is 0. The van der Waals surface area contributed by atoms with Crippen molar-refractivity contribution in [1.82, 2.24) is 0 Å². The predicted molar refractivity (Wildman–Crippen MR) is 70.5 cm³/mol. The predicted octanol–water partition coefficient (Wildman–Crippen LogP) is 0.843. The van der Waals surface area contributed by atoms with E-state index in [2.05, 4.69) is 11.1 Å². The van der Waals surface area contributed by atoms with Crippen molar-refractivity contribution < 1.29 is 48.1 Å². The normalized spacial score (nSPS) is 11.2. The zero-order chi connectivity index (χ0) is 13.0. The Morgan fingerprint density at radius 1 is 0.889 bits per heavy atom. The minimum Gasteiger partial charge on any atom is -1.00 e. The van der Waals surface area contributed by atoms with Gasteiger partial charge in [0.05, 0.1) is 6.61 Å². The number of hydrogen-bond acceptors (Lipinski definition) is 3. The Labute approximate surface area is 136 Å². The molecular formula is C12H27NaO4S. The average Bonchev–Trinajstić information content (AvgIpc) is 2.24. The van der Waals surface area contributed by atoms with Crippen molar-refractivity contribution in [2.45, 2.75) is 71.1 Å². The summed E-state index contributed by atoms with van der Waals surface area (Å²) in [7, 11) is -4.23.